The number of rotatable bonds is 6. The Kier molecular flexibility index (Phi) is 5.41. The second-order valence-corrected chi connectivity index (χ2v) is 7.47. The molecule has 4 heteroatoms. The minimum atomic E-state index is -0.649. The largest absolute Gasteiger partial charge is 0.367 e. The average Bonchev–Trinajstić information content (AvgIpc) is 3.02. The van der Waals surface area contributed by atoms with Crippen LogP contribution in [0.1, 0.15) is 25.0 Å². The van der Waals surface area contributed by atoms with Gasteiger partial charge in [-0.05, 0) is 25.0 Å². The van der Waals surface area contributed by atoms with E-state index in [2.05, 4.69) is 24.3 Å². The molecule has 4 rings (SSSR count). The van der Waals surface area contributed by atoms with Gasteiger partial charge in [0.1, 0.15) is 24.4 Å². The lowest BCUT2D eigenvalue weighted by molar-refractivity contribution is -0.160. The Hall–Kier alpha value is -1.98. The predicted molar refractivity (Wildman–Crippen MR) is 103 cm³/mol. The molecule has 1 aliphatic carbocycles. The quantitative estimate of drug-likeness (QED) is 0.717. The van der Waals surface area contributed by atoms with Gasteiger partial charge < -0.3 is 18.9 Å². The molecule has 1 aliphatic heterocycles. The van der Waals surface area contributed by atoms with E-state index in [-0.39, 0.29) is 24.4 Å². The Labute approximate surface area is 160 Å². The number of ether oxygens (including phenoxy) is 4. The molecule has 2 aromatic rings. The van der Waals surface area contributed by atoms with Crippen molar-refractivity contribution in [3.63, 3.8) is 0 Å². The van der Waals surface area contributed by atoms with Crippen LogP contribution in [0.2, 0.25) is 0 Å². The van der Waals surface area contributed by atoms with Gasteiger partial charge in [0.15, 0.2) is 5.79 Å². The molecule has 0 spiro atoms. The van der Waals surface area contributed by atoms with E-state index in [4.69, 9.17) is 18.9 Å². The summed E-state index contributed by atoms with van der Waals surface area (Å²) < 4.78 is 24.6. The third-order valence-corrected chi connectivity index (χ3v) is 4.87. The maximum atomic E-state index is 6.16. The molecule has 0 unspecified atom stereocenters. The molecule has 27 heavy (non-hydrogen) atoms. The summed E-state index contributed by atoms with van der Waals surface area (Å²) in [6.45, 7) is 4.96. The minimum Gasteiger partial charge on any atom is -0.367 e. The van der Waals surface area contributed by atoms with Crippen molar-refractivity contribution in [1.29, 1.82) is 0 Å². The van der Waals surface area contributed by atoms with Crippen LogP contribution in [0.25, 0.3) is 0 Å². The van der Waals surface area contributed by atoms with Gasteiger partial charge in [0.25, 0.3) is 0 Å². The van der Waals surface area contributed by atoms with Crippen LogP contribution in [-0.4, -0.2) is 30.2 Å². The third kappa shape index (κ3) is 4.47. The van der Waals surface area contributed by atoms with Crippen molar-refractivity contribution in [3.8, 4) is 0 Å². The van der Waals surface area contributed by atoms with Crippen molar-refractivity contribution >= 4 is 0 Å². The highest BCUT2D eigenvalue weighted by Gasteiger charge is 2.50. The van der Waals surface area contributed by atoms with E-state index in [1.54, 1.807) is 0 Å². The lowest BCUT2D eigenvalue weighted by Crippen LogP contribution is -2.46. The summed E-state index contributed by atoms with van der Waals surface area (Å²) in [5, 5.41) is 0. The number of hydrogen-bond donors (Lipinski definition) is 0. The highest BCUT2D eigenvalue weighted by molar-refractivity contribution is 5.17. The van der Waals surface area contributed by atoms with Crippen molar-refractivity contribution in [3.05, 3.63) is 83.9 Å². The molecule has 2 aliphatic rings. The van der Waals surface area contributed by atoms with Crippen LogP contribution in [0.4, 0.5) is 0 Å². The standard InChI is InChI=1S/C23H26O4/c1-23(2)26-21-19(24-15-17-9-5-3-6-10-17)13-14-20(22(21)27-23)25-16-18-11-7-4-8-12-18/h3-14,19-22H,15-16H2,1-2H3/t19-,20-,21-,22-/m0/s1. The minimum absolute atomic E-state index is 0.159. The van der Waals surface area contributed by atoms with Gasteiger partial charge >= 0.3 is 0 Å². The maximum absolute atomic E-state index is 6.16. The fourth-order valence-corrected chi connectivity index (χ4v) is 3.60. The van der Waals surface area contributed by atoms with Crippen molar-refractivity contribution in [1.82, 2.24) is 0 Å². The summed E-state index contributed by atoms with van der Waals surface area (Å²) in [4.78, 5) is 0. The molecule has 0 radical (unpaired) electrons. The maximum Gasteiger partial charge on any atom is 0.164 e. The number of hydrogen-bond acceptors (Lipinski definition) is 4. The second kappa shape index (κ2) is 7.95. The molecule has 1 heterocycles. The van der Waals surface area contributed by atoms with E-state index in [1.165, 1.54) is 0 Å². The zero-order valence-corrected chi connectivity index (χ0v) is 15.8. The van der Waals surface area contributed by atoms with E-state index in [1.807, 2.05) is 62.4 Å². The molecule has 0 bridgehead atoms. The topological polar surface area (TPSA) is 36.9 Å². The van der Waals surface area contributed by atoms with Crippen molar-refractivity contribution in [2.75, 3.05) is 0 Å². The van der Waals surface area contributed by atoms with E-state index in [9.17, 15) is 0 Å². The van der Waals surface area contributed by atoms with Crippen molar-refractivity contribution in [2.24, 2.45) is 0 Å². The zero-order valence-electron chi connectivity index (χ0n) is 15.8. The van der Waals surface area contributed by atoms with Crippen LogP contribution in [0.3, 0.4) is 0 Å². The Morgan fingerprint density at radius 1 is 0.704 bits per heavy atom. The molecule has 1 fully saturated rings. The molecule has 142 valence electrons. The van der Waals surface area contributed by atoms with E-state index < -0.39 is 5.79 Å². The zero-order chi connectivity index (χ0) is 18.7. The highest BCUT2D eigenvalue weighted by Crippen LogP contribution is 2.37. The van der Waals surface area contributed by atoms with Crippen LogP contribution in [-0.2, 0) is 32.2 Å². The highest BCUT2D eigenvalue weighted by atomic mass is 16.8. The third-order valence-electron chi connectivity index (χ3n) is 4.87. The Bertz CT molecular complexity index is 693. The second-order valence-electron chi connectivity index (χ2n) is 7.47. The van der Waals surface area contributed by atoms with Gasteiger partial charge in [-0.1, -0.05) is 72.8 Å². The smallest absolute Gasteiger partial charge is 0.164 e. The van der Waals surface area contributed by atoms with E-state index in [0.29, 0.717) is 13.2 Å². The molecule has 2 aromatic carbocycles. The van der Waals surface area contributed by atoms with E-state index >= 15 is 0 Å². The van der Waals surface area contributed by atoms with E-state index in [0.717, 1.165) is 11.1 Å². The molecule has 1 saturated heterocycles. The fraction of sp³-hybridized carbons (Fsp3) is 0.391. The summed E-state index contributed by atoms with van der Waals surface area (Å²) >= 11 is 0. The van der Waals surface area contributed by atoms with Gasteiger partial charge in [-0.3, -0.25) is 0 Å². The Morgan fingerprint density at radius 3 is 1.52 bits per heavy atom. The number of benzene rings is 2. The van der Waals surface area contributed by atoms with Crippen LogP contribution < -0.4 is 0 Å². The summed E-state index contributed by atoms with van der Waals surface area (Å²) in [5.74, 6) is -0.649. The summed E-state index contributed by atoms with van der Waals surface area (Å²) in [7, 11) is 0. The first-order valence-electron chi connectivity index (χ1n) is 9.46. The Balaban J connectivity index is 1.44. The van der Waals surface area contributed by atoms with Crippen LogP contribution in [0.5, 0.6) is 0 Å². The summed E-state index contributed by atoms with van der Waals surface area (Å²) in [6.07, 6.45) is 3.40. The first-order valence-corrected chi connectivity index (χ1v) is 9.46. The van der Waals surface area contributed by atoms with Gasteiger partial charge in [0.05, 0.1) is 13.2 Å². The summed E-state index contributed by atoms with van der Waals surface area (Å²) in [6, 6.07) is 20.3. The molecular formula is C23H26O4. The number of fused-ring (bicyclic) bond motifs is 1. The lowest BCUT2D eigenvalue weighted by Gasteiger charge is -2.32. The lowest BCUT2D eigenvalue weighted by atomic mass is 9.96. The van der Waals surface area contributed by atoms with Gasteiger partial charge in [-0.2, -0.15) is 0 Å². The van der Waals surface area contributed by atoms with Gasteiger partial charge in [-0.25, -0.2) is 0 Å². The molecule has 0 amide bonds. The first kappa shape index (κ1) is 18.4. The predicted octanol–water partition coefficient (Wildman–Crippen LogP) is 4.25. The molecular weight excluding hydrogens is 340 g/mol. The van der Waals surface area contributed by atoms with Crippen LogP contribution in [0, 0.1) is 0 Å². The normalized spacial score (nSPS) is 28.8. The van der Waals surface area contributed by atoms with Gasteiger partial charge in [0, 0.05) is 0 Å². The molecule has 4 atom stereocenters. The monoisotopic (exact) mass is 366 g/mol. The van der Waals surface area contributed by atoms with Crippen LogP contribution in [0.15, 0.2) is 72.8 Å². The van der Waals surface area contributed by atoms with Crippen molar-refractivity contribution in [2.45, 2.75) is 57.3 Å². The SMILES string of the molecule is CC1(C)O[C@@H]2[C@@H](O1)[C@@H](OCc1ccccc1)C=C[C@@H]2OCc1ccccc1. The Morgan fingerprint density at radius 2 is 1.11 bits per heavy atom. The molecule has 0 N–H and O–H groups in total. The van der Waals surface area contributed by atoms with Gasteiger partial charge in [0.2, 0.25) is 0 Å². The fourth-order valence-electron chi connectivity index (χ4n) is 3.60. The first-order chi connectivity index (χ1) is 13.1. The molecule has 0 saturated carbocycles. The molecule has 0 aromatic heterocycles. The average molecular weight is 366 g/mol. The molecule has 4 nitrogen and oxygen atoms in total. The van der Waals surface area contributed by atoms with Crippen LogP contribution >= 0.6 is 0 Å². The van der Waals surface area contributed by atoms with Crippen molar-refractivity contribution < 1.29 is 18.9 Å². The van der Waals surface area contributed by atoms with Gasteiger partial charge in [-0.15, -0.1) is 0 Å². The summed E-state index contributed by atoms with van der Waals surface area (Å²) in [5.41, 5.74) is 2.28.